The molecule has 1 aromatic carbocycles. The van der Waals surface area contributed by atoms with Crippen LogP contribution in [0.15, 0.2) is 24.3 Å². The van der Waals surface area contributed by atoms with E-state index in [2.05, 4.69) is 15.6 Å². The number of anilines is 1. The standard InChI is InChI=1S/C13H15N3O3S/c1-7(2)10(11(17)18)15-12(19)16-13-14-8-5-3-4-6-9(8)20-13/h3-7,10H,1-2H3,(H,17,18)(H2,14,15,16,19)/t10-/m0/s1. The zero-order valence-corrected chi connectivity index (χ0v) is 11.9. The quantitative estimate of drug-likeness (QED) is 0.807. The molecule has 3 N–H and O–H groups in total. The molecular formula is C13H15N3O3S. The molecule has 1 heterocycles. The van der Waals surface area contributed by atoms with Gasteiger partial charge in [0.2, 0.25) is 0 Å². The molecule has 0 aliphatic rings. The van der Waals surface area contributed by atoms with Crippen molar-refractivity contribution in [1.29, 1.82) is 0 Å². The first-order valence-electron chi connectivity index (χ1n) is 6.13. The van der Waals surface area contributed by atoms with Crippen LogP contribution in [-0.2, 0) is 4.79 Å². The van der Waals surface area contributed by atoms with Crippen LogP contribution in [0.5, 0.6) is 0 Å². The van der Waals surface area contributed by atoms with Crippen molar-refractivity contribution in [2.24, 2.45) is 5.92 Å². The van der Waals surface area contributed by atoms with Crippen LogP contribution in [0.2, 0.25) is 0 Å². The normalized spacial score (nSPS) is 12.3. The Kier molecular flexibility index (Phi) is 4.19. The summed E-state index contributed by atoms with van der Waals surface area (Å²) in [5.41, 5.74) is 0.798. The molecule has 0 fully saturated rings. The number of benzene rings is 1. The Morgan fingerprint density at radius 1 is 1.30 bits per heavy atom. The van der Waals surface area contributed by atoms with Crippen molar-refractivity contribution in [3.05, 3.63) is 24.3 Å². The van der Waals surface area contributed by atoms with Gasteiger partial charge >= 0.3 is 12.0 Å². The molecule has 0 aliphatic heterocycles. The van der Waals surface area contributed by atoms with Gasteiger partial charge in [-0.25, -0.2) is 14.6 Å². The Labute approximate surface area is 119 Å². The number of carboxylic acids is 1. The van der Waals surface area contributed by atoms with Crippen molar-refractivity contribution in [2.75, 3.05) is 5.32 Å². The summed E-state index contributed by atoms with van der Waals surface area (Å²) in [5.74, 6) is -1.26. The highest BCUT2D eigenvalue weighted by molar-refractivity contribution is 7.22. The fourth-order valence-electron chi connectivity index (χ4n) is 1.71. The molecule has 1 atom stereocenters. The molecule has 20 heavy (non-hydrogen) atoms. The highest BCUT2D eigenvalue weighted by Gasteiger charge is 2.23. The molecule has 0 unspecified atom stereocenters. The number of aliphatic carboxylic acids is 1. The summed E-state index contributed by atoms with van der Waals surface area (Å²) in [6, 6.07) is 6.02. The number of carbonyl (C=O) groups excluding carboxylic acids is 1. The number of amides is 2. The maximum absolute atomic E-state index is 11.8. The van der Waals surface area contributed by atoms with E-state index in [0.717, 1.165) is 10.2 Å². The largest absolute Gasteiger partial charge is 0.480 e. The minimum Gasteiger partial charge on any atom is -0.480 e. The van der Waals surface area contributed by atoms with Crippen molar-refractivity contribution in [2.45, 2.75) is 19.9 Å². The van der Waals surface area contributed by atoms with Gasteiger partial charge in [-0.1, -0.05) is 37.3 Å². The van der Waals surface area contributed by atoms with E-state index in [4.69, 9.17) is 5.11 Å². The first-order chi connectivity index (χ1) is 9.47. The average Bonchev–Trinajstić information content (AvgIpc) is 2.77. The highest BCUT2D eigenvalue weighted by Crippen LogP contribution is 2.25. The second kappa shape index (κ2) is 5.87. The fraction of sp³-hybridized carbons (Fsp3) is 0.308. The van der Waals surface area contributed by atoms with Crippen LogP contribution in [0.25, 0.3) is 10.2 Å². The van der Waals surface area contributed by atoms with E-state index >= 15 is 0 Å². The van der Waals surface area contributed by atoms with Crippen LogP contribution >= 0.6 is 11.3 Å². The first kappa shape index (κ1) is 14.3. The minimum atomic E-state index is -1.06. The lowest BCUT2D eigenvalue weighted by Crippen LogP contribution is -2.46. The van der Waals surface area contributed by atoms with E-state index in [1.807, 2.05) is 24.3 Å². The number of fused-ring (bicyclic) bond motifs is 1. The summed E-state index contributed by atoms with van der Waals surface area (Å²) in [6.07, 6.45) is 0. The number of nitrogens with zero attached hydrogens (tertiary/aromatic N) is 1. The molecule has 2 rings (SSSR count). The van der Waals surface area contributed by atoms with E-state index < -0.39 is 18.0 Å². The number of carboxylic acid groups (broad SMARTS) is 1. The van der Waals surface area contributed by atoms with Crippen molar-refractivity contribution >= 4 is 38.7 Å². The number of hydrogen-bond acceptors (Lipinski definition) is 4. The second-order valence-electron chi connectivity index (χ2n) is 4.65. The van der Waals surface area contributed by atoms with E-state index in [0.29, 0.717) is 5.13 Å². The monoisotopic (exact) mass is 293 g/mol. The summed E-state index contributed by atoms with van der Waals surface area (Å²) in [7, 11) is 0. The van der Waals surface area contributed by atoms with E-state index in [-0.39, 0.29) is 5.92 Å². The number of urea groups is 1. The molecule has 2 aromatic rings. The van der Waals surface area contributed by atoms with Gasteiger partial charge in [-0.05, 0) is 18.1 Å². The van der Waals surface area contributed by atoms with Gasteiger partial charge < -0.3 is 10.4 Å². The summed E-state index contributed by atoms with van der Waals surface area (Å²) in [4.78, 5) is 27.1. The molecule has 7 heteroatoms. The van der Waals surface area contributed by atoms with Crippen LogP contribution in [0.1, 0.15) is 13.8 Å². The number of carbonyl (C=O) groups is 2. The Balaban J connectivity index is 2.05. The fourth-order valence-corrected chi connectivity index (χ4v) is 2.57. The zero-order valence-electron chi connectivity index (χ0n) is 11.1. The lowest BCUT2D eigenvalue weighted by atomic mass is 10.1. The second-order valence-corrected chi connectivity index (χ2v) is 5.68. The molecule has 0 saturated carbocycles. The predicted octanol–water partition coefficient (Wildman–Crippen LogP) is 2.53. The molecule has 106 valence electrons. The topological polar surface area (TPSA) is 91.3 Å². The molecule has 0 spiro atoms. The number of thiazole rings is 1. The van der Waals surface area contributed by atoms with Crippen molar-refractivity contribution in [3.63, 3.8) is 0 Å². The third-order valence-electron chi connectivity index (χ3n) is 2.73. The van der Waals surface area contributed by atoms with Gasteiger partial charge in [-0.3, -0.25) is 5.32 Å². The lowest BCUT2D eigenvalue weighted by molar-refractivity contribution is -0.140. The van der Waals surface area contributed by atoms with E-state index in [1.165, 1.54) is 11.3 Å². The molecule has 1 aromatic heterocycles. The van der Waals surface area contributed by atoms with Crippen LogP contribution < -0.4 is 10.6 Å². The Morgan fingerprint density at radius 2 is 2.00 bits per heavy atom. The zero-order chi connectivity index (χ0) is 14.7. The summed E-state index contributed by atoms with van der Waals surface area (Å²) >= 11 is 1.34. The smallest absolute Gasteiger partial charge is 0.326 e. The molecule has 0 saturated heterocycles. The number of aromatic nitrogens is 1. The number of nitrogens with one attached hydrogen (secondary N) is 2. The minimum absolute atomic E-state index is 0.200. The Morgan fingerprint density at radius 3 is 2.60 bits per heavy atom. The predicted molar refractivity (Wildman–Crippen MR) is 78.0 cm³/mol. The lowest BCUT2D eigenvalue weighted by Gasteiger charge is -2.17. The van der Waals surface area contributed by atoms with Crippen LogP contribution in [0.3, 0.4) is 0 Å². The molecular weight excluding hydrogens is 278 g/mol. The van der Waals surface area contributed by atoms with E-state index in [1.54, 1.807) is 13.8 Å². The molecule has 0 bridgehead atoms. The van der Waals surface area contributed by atoms with E-state index in [9.17, 15) is 9.59 Å². The SMILES string of the molecule is CC(C)[C@H](NC(=O)Nc1nc2ccccc2s1)C(=O)O. The maximum Gasteiger partial charge on any atom is 0.326 e. The van der Waals surface area contributed by atoms with Gasteiger partial charge in [0.05, 0.1) is 10.2 Å². The third-order valence-corrected chi connectivity index (χ3v) is 3.69. The number of rotatable bonds is 4. The molecule has 2 amide bonds. The van der Waals surface area contributed by atoms with Gasteiger partial charge in [-0.2, -0.15) is 0 Å². The van der Waals surface area contributed by atoms with Crippen LogP contribution in [-0.4, -0.2) is 28.1 Å². The summed E-state index contributed by atoms with van der Waals surface area (Å²) in [6.45, 7) is 3.47. The van der Waals surface area contributed by atoms with Gasteiger partial charge in [0.25, 0.3) is 0 Å². The van der Waals surface area contributed by atoms with Crippen molar-refractivity contribution in [3.8, 4) is 0 Å². The van der Waals surface area contributed by atoms with Crippen LogP contribution in [0, 0.1) is 5.92 Å². The maximum atomic E-state index is 11.8. The molecule has 0 aliphatic carbocycles. The molecule has 6 nitrogen and oxygen atoms in total. The van der Waals surface area contributed by atoms with Gasteiger partial charge in [-0.15, -0.1) is 0 Å². The third kappa shape index (κ3) is 3.24. The average molecular weight is 293 g/mol. The molecule has 0 radical (unpaired) electrons. The Hall–Kier alpha value is -2.15. The number of hydrogen-bond donors (Lipinski definition) is 3. The number of para-hydroxylation sites is 1. The van der Waals surface area contributed by atoms with Crippen molar-refractivity contribution < 1.29 is 14.7 Å². The van der Waals surface area contributed by atoms with Crippen LogP contribution in [0.4, 0.5) is 9.93 Å². The first-order valence-corrected chi connectivity index (χ1v) is 6.95. The highest BCUT2D eigenvalue weighted by atomic mass is 32.1. The summed E-state index contributed by atoms with van der Waals surface area (Å²) in [5, 5.41) is 14.5. The van der Waals surface area contributed by atoms with Gasteiger partial charge in [0, 0.05) is 0 Å². The summed E-state index contributed by atoms with van der Waals surface area (Å²) < 4.78 is 0.960. The van der Waals surface area contributed by atoms with Gasteiger partial charge in [0.1, 0.15) is 6.04 Å². The van der Waals surface area contributed by atoms with Gasteiger partial charge in [0.15, 0.2) is 5.13 Å². The Bertz CT molecular complexity index is 606. The van der Waals surface area contributed by atoms with Crippen molar-refractivity contribution in [1.82, 2.24) is 10.3 Å².